The van der Waals surface area contributed by atoms with E-state index in [0.29, 0.717) is 13.1 Å². The van der Waals surface area contributed by atoms with Crippen molar-refractivity contribution in [3.8, 4) is 11.3 Å². The van der Waals surface area contributed by atoms with Crippen LogP contribution >= 0.6 is 0 Å². The van der Waals surface area contributed by atoms with Gasteiger partial charge in [0.15, 0.2) is 0 Å². The van der Waals surface area contributed by atoms with E-state index in [2.05, 4.69) is 14.5 Å². The molecule has 1 aliphatic rings. The first-order valence-electron chi connectivity index (χ1n) is 7.36. The molecule has 6 nitrogen and oxygen atoms in total. The van der Waals surface area contributed by atoms with Crippen molar-refractivity contribution in [3.63, 3.8) is 0 Å². The molecule has 3 rings (SSSR count). The highest BCUT2D eigenvalue weighted by molar-refractivity contribution is 5.69. The summed E-state index contributed by atoms with van der Waals surface area (Å²) in [6.45, 7) is 7.50. The van der Waals surface area contributed by atoms with E-state index in [-0.39, 0.29) is 6.09 Å². The van der Waals surface area contributed by atoms with Crippen LogP contribution in [0.1, 0.15) is 26.5 Å². The van der Waals surface area contributed by atoms with Gasteiger partial charge in [-0.2, -0.15) is 0 Å². The monoisotopic (exact) mass is 300 g/mol. The maximum Gasteiger partial charge on any atom is 0.410 e. The summed E-state index contributed by atoms with van der Waals surface area (Å²) >= 11 is 0. The van der Waals surface area contributed by atoms with Crippen LogP contribution in [0.2, 0.25) is 0 Å². The average molecular weight is 300 g/mol. The molecule has 116 valence electrons. The van der Waals surface area contributed by atoms with Crippen molar-refractivity contribution in [2.45, 2.75) is 39.5 Å². The fraction of sp³-hybridized carbons (Fsp3) is 0.438. The highest BCUT2D eigenvalue weighted by Gasteiger charge is 2.27. The Bertz CT molecular complexity index is 673. The topological polar surface area (TPSA) is 60.2 Å². The van der Waals surface area contributed by atoms with Gasteiger partial charge in [0.05, 0.1) is 24.3 Å². The number of nitrogens with zero attached hydrogens (tertiary/aromatic N) is 4. The van der Waals surface area contributed by atoms with E-state index >= 15 is 0 Å². The Morgan fingerprint density at radius 2 is 1.95 bits per heavy atom. The number of carbonyl (C=O) groups excluding carboxylic acids is 1. The van der Waals surface area contributed by atoms with Crippen molar-refractivity contribution in [2.75, 3.05) is 6.54 Å². The maximum absolute atomic E-state index is 12.3. The quantitative estimate of drug-likeness (QED) is 0.812. The number of ether oxygens (including phenoxy) is 1. The standard InChI is InChI=1S/C16H20N4O2/c1-16(2,3)22-15(21)19-8-9-20-11-18-14(13(20)10-19)12-4-6-17-7-5-12/h4-7,11H,8-10H2,1-3H3. The number of imidazole rings is 1. The van der Waals surface area contributed by atoms with Crippen LogP contribution in [-0.4, -0.2) is 37.7 Å². The van der Waals surface area contributed by atoms with Crippen LogP contribution in [0.4, 0.5) is 4.79 Å². The number of hydrogen-bond donors (Lipinski definition) is 0. The molecule has 0 aromatic carbocycles. The number of rotatable bonds is 1. The third kappa shape index (κ3) is 2.95. The summed E-state index contributed by atoms with van der Waals surface area (Å²) in [4.78, 5) is 22.5. The minimum Gasteiger partial charge on any atom is -0.444 e. The number of aromatic nitrogens is 3. The second-order valence-electron chi connectivity index (χ2n) is 6.37. The van der Waals surface area contributed by atoms with E-state index in [1.807, 2.05) is 39.2 Å². The number of carbonyl (C=O) groups is 1. The molecule has 0 N–H and O–H groups in total. The van der Waals surface area contributed by atoms with Gasteiger partial charge in [-0.3, -0.25) is 4.98 Å². The molecule has 0 fully saturated rings. The van der Waals surface area contributed by atoms with Gasteiger partial charge >= 0.3 is 6.09 Å². The van der Waals surface area contributed by atoms with Gasteiger partial charge in [-0.05, 0) is 32.9 Å². The van der Waals surface area contributed by atoms with Crippen molar-refractivity contribution in [2.24, 2.45) is 0 Å². The van der Waals surface area contributed by atoms with Crippen LogP contribution in [0.15, 0.2) is 30.9 Å². The summed E-state index contributed by atoms with van der Waals surface area (Å²) < 4.78 is 7.56. The Kier molecular flexibility index (Phi) is 3.60. The predicted octanol–water partition coefficient (Wildman–Crippen LogP) is 2.70. The molecular weight excluding hydrogens is 280 g/mol. The molecule has 1 amide bonds. The third-order valence-corrected chi connectivity index (χ3v) is 3.50. The molecule has 2 aromatic heterocycles. The Hall–Kier alpha value is -2.37. The number of amides is 1. The van der Waals surface area contributed by atoms with Crippen LogP contribution < -0.4 is 0 Å². The lowest BCUT2D eigenvalue weighted by atomic mass is 10.1. The molecule has 3 heterocycles. The lowest BCUT2D eigenvalue weighted by molar-refractivity contribution is 0.0199. The zero-order chi connectivity index (χ0) is 15.7. The van der Waals surface area contributed by atoms with Gasteiger partial charge in [-0.25, -0.2) is 9.78 Å². The molecule has 0 saturated carbocycles. The van der Waals surface area contributed by atoms with Gasteiger partial charge in [-0.15, -0.1) is 0 Å². The van der Waals surface area contributed by atoms with Gasteiger partial charge in [0, 0.05) is 31.0 Å². The highest BCUT2D eigenvalue weighted by atomic mass is 16.6. The SMILES string of the molecule is CC(C)(C)OC(=O)N1CCn2cnc(-c3ccncc3)c2C1. The van der Waals surface area contributed by atoms with Crippen molar-refractivity contribution < 1.29 is 9.53 Å². The van der Waals surface area contributed by atoms with Crippen LogP contribution in [0.25, 0.3) is 11.3 Å². The summed E-state index contributed by atoms with van der Waals surface area (Å²) in [6, 6.07) is 3.85. The van der Waals surface area contributed by atoms with E-state index < -0.39 is 5.60 Å². The second kappa shape index (κ2) is 5.44. The normalized spacial score (nSPS) is 14.6. The van der Waals surface area contributed by atoms with E-state index in [1.54, 1.807) is 17.3 Å². The minimum atomic E-state index is -0.483. The molecule has 0 unspecified atom stereocenters. The van der Waals surface area contributed by atoms with Crippen molar-refractivity contribution >= 4 is 6.09 Å². The summed E-state index contributed by atoms with van der Waals surface area (Å²) in [6.07, 6.45) is 5.04. The second-order valence-corrected chi connectivity index (χ2v) is 6.37. The summed E-state index contributed by atoms with van der Waals surface area (Å²) in [5, 5.41) is 0. The fourth-order valence-corrected chi connectivity index (χ4v) is 2.49. The molecule has 22 heavy (non-hydrogen) atoms. The predicted molar refractivity (Wildman–Crippen MR) is 82.1 cm³/mol. The lowest BCUT2D eigenvalue weighted by Gasteiger charge is -2.31. The van der Waals surface area contributed by atoms with Gasteiger partial charge in [0.1, 0.15) is 5.60 Å². The molecule has 0 bridgehead atoms. The Morgan fingerprint density at radius 3 is 2.64 bits per heavy atom. The third-order valence-electron chi connectivity index (χ3n) is 3.50. The number of fused-ring (bicyclic) bond motifs is 1. The van der Waals surface area contributed by atoms with Gasteiger partial charge in [0.2, 0.25) is 0 Å². The van der Waals surface area contributed by atoms with Gasteiger partial charge in [-0.1, -0.05) is 0 Å². The zero-order valence-electron chi connectivity index (χ0n) is 13.1. The van der Waals surface area contributed by atoms with Crippen molar-refractivity contribution in [1.82, 2.24) is 19.4 Å². The Morgan fingerprint density at radius 1 is 1.23 bits per heavy atom. The largest absolute Gasteiger partial charge is 0.444 e. The summed E-state index contributed by atoms with van der Waals surface area (Å²) in [7, 11) is 0. The molecule has 0 spiro atoms. The number of pyridine rings is 1. The fourth-order valence-electron chi connectivity index (χ4n) is 2.49. The molecule has 0 radical (unpaired) electrons. The lowest BCUT2D eigenvalue weighted by Crippen LogP contribution is -2.41. The first kappa shape index (κ1) is 14.6. The van der Waals surface area contributed by atoms with Crippen LogP contribution in [0.3, 0.4) is 0 Å². The highest BCUT2D eigenvalue weighted by Crippen LogP contribution is 2.26. The first-order valence-corrected chi connectivity index (χ1v) is 7.36. The summed E-state index contributed by atoms with van der Waals surface area (Å²) in [5.41, 5.74) is 2.46. The molecule has 0 aliphatic carbocycles. The van der Waals surface area contributed by atoms with Crippen LogP contribution in [-0.2, 0) is 17.8 Å². The Balaban J connectivity index is 1.83. The molecule has 0 saturated heterocycles. The maximum atomic E-state index is 12.3. The summed E-state index contributed by atoms with van der Waals surface area (Å²) in [5.74, 6) is 0. The smallest absolute Gasteiger partial charge is 0.410 e. The average Bonchev–Trinajstić information content (AvgIpc) is 2.89. The molecule has 2 aromatic rings. The van der Waals surface area contributed by atoms with E-state index in [4.69, 9.17) is 4.74 Å². The number of hydrogen-bond acceptors (Lipinski definition) is 4. The van der Waals surface area contributed by atoms with E-state index in [9.17, 15) is 4.79 Å². The van der Waals surface area contributed by atoms with Crippen LogP contribution in [0.5, 0.6) is 0 Å². The van der Waals surface area contributed by atoms with E-state index in [1.165, 1.54) is 0 Å². The van der Waals surface area contributed by atoms with Gasteiger partial charge < -0.3 is 14.2 Å². The molecular formula is C16H20N4O2. The molecule has 1 aliphatic heterocycles. The first-order chi connectivity index (χ1) is 10.4. The van der Waals surface area contributed by atoms with Crippen molar-refractivity contribution in [3.05, 3.63) is 36.5 Å². The Labute approximate surface area is 129 Å². The zero-order valence-corrected chi connectivity index (χ0v) is 13.1. The van der Waals surface area contributed by atoms with Gasteiger partial charge in [0.25, 0.3) is 0 Å². The van der Waals surface area contributed by atoms with Crippen molar-refractivity contribution in [1.29, 1.82) is 0 Å². The van der Waals surface area contributed by atoms with Crippen LogP contribution in [0, 0.1) is 0 Å². The van der Waals surface area contributed by atoms with E-state index in [0.717, 1.165) is 23.5 Å². The minimum absolute atomic E-state index is 0.277. The molecule has 6 heteroatoms. The molecule has 0 atom stereocenters.